The van der Waals surface area contributed by atoms with E-state index < -0.39 is 0 Å². The monoisotopic (exact) mass is 432 g/mol. The lowest BCUT2D eigenvalue weighted by Gasteiger charge is -2.09. The number of rotatable bonds is 6. The van der Waals surface area contributed by atoms with Crippen LogP contribution >= 0.6 is 0 Å². The molecule has 4 aromatic rings. The summed E-state index contributed by atoms with van der Waals surface area (Å²) in [4.78, 5) is 21.4. The molecule has 0 N–H and O–H groups in total. The maximum absolute atomic E-state index is 10.7. The van der Waals surface area contributed by atoms with Crippen LogP contribution in [0.2, 0.25) is 0 Å². The van der Waals surface area contributed by atoms with E-state index in [1.807, 2.05) is 42.5 Å². The first-order valence-corrected chi connectivity index (χ1v) is 9.79. The van der Waals surface area contributed by atoms with Gasteiger partial charge in [-0.2, -0.15) is 0 Å². The van der Waals surface area contributed by atoms with Crippen molar-refractivity contribution < 1.29 is 28.5 Å². The van der Waals surface area contributed by atoms with Gasteiger partial charge in [0.1, 0.15) is 24.1 Å². The summed E-state index contributed by atoms with van der Waals surface area (Å²) < 4.78 is 20.9. The number of aldehydes is 2. The summed E-state index contributed by atoms with van der Waals surface area (Å²) >= 11 is 0. The summed E-state index contributed by atoms with van der Waals surface area (Å²) in [6.45, 7) is 0. The van der Waals surface area contributed by atoms with Gasteiger partial charge in [0.05, 0.1) is 28.4 Å². The van der Waals surface area contributed by atoms with E-state index in [0.29, 0.717) is 22.6 Å². The Kier molecular flexibility index (Phi) is 7.29. The molecule has 0 aliphatic heterocycles. The lowest BCUT2D eigenvalue weighted by molar-refractivity contribution is 0.111. The molecule has 6 heteroatoms. The van der Waals surface area contributed by atoms with E-state index in [1.165, 1.54) is 0 Å². The molecule has 0 fully saturated rings. The van der Waals surface area contributed by atoms with Crippen molar-refractivity contribution in [2.45, 2.75) is 0 Å². The number of benzene rings is 4. The van der Waals surface area contributed by atoms with E-state index in [0.717, 1.165) is 45.6 Å². The number of methoxy groups -OCH3 is 4. The van der Waals surface area contributed by atoms with Gasteiger partial charge in [-0.1, -0.05) is 18.2 Å². The minimum Gasteiger partial charge on any atom is -0.496 e. The molecule has 0 radical (unpaired) electrons. The van der Waals surface area contributed by atoms with Gasteiger partial charge in [-0.25, -0.2) is 0 Å². The molecule has 32 heavy (non-hydrogen) atoms. The van der Waals surface area contributed by atoms with Gasteiger partial charge in [-0.15, -0.1) is 0 Å². The fourth-order valence-electron chi connectivity index (χ4n) is 3.41. The molecular weight excluding hydrogens is 408 g/mol. The van der Waals surface area contributed by atoms with Crippen LogP contribution in [0.1, 0.15) is 20.7 Å². The minimum absolute atomic E-state index is 0.624. The Morgan fingerprint density at radius 2 is 1.00 bits per heavy atom. The second-order valence-corrected chi connectivity index (χ2v) is 6.82. The molecule has 0 unspecified atom stereocenters. The van der Waals surface area contributed by atoms with Gasteiger partial charge in [0, 0.05) is 21.9 Å². The number of carbonyl (C=O) groups excluding carboxylic acids is 2. The topological polar surface area (TPSA) is 71.1 Å². The molecule has 0 aliphatic rings. The zero-order valence-electron chi connectivity index (χ0n) is 18.4. The predicted octanol–water partition coefficient (Wildman–Crippen LogP) is 5.34. The van der Waals surface area contributed by atoms with Crippen LogP contribution in [0.25, 0.3) is 21.5 Å². The largest absolute Gasteiger partial charge is 0.496 e. The Morgan fingerprint density at radius 3 is 1.56 bits per heavy atom. The Labute approximate surface area is 186 Å². The SMILES string of the molecule is COc1cc2ccc(C=O)cc2cc1OC.COc1ccc(OC)c2cc(C=O)ccc12. The standard InChI is InChI=1S/2C13H12O3/c1-15-12-6-10-4-3-9(8-14)5-11(10)7-13(12)16-2;1-15-12-5-6-13(16-2)11-7-9(8-14)3-4-10(11)12/h2*3-8H,1-2H3. The van der Waals surface area contributed by atoms with Gasteiger partial charge >= 0.3 is 0 Å². The molecule has 0 heterocycles. The highest BCUT2D eigenvalue weighted by Crippen LogP contribution is 2.34. The van der Waals surface area contributed by atoms with Gasteiger partial charge in [0.15, 0.2) is 11.5 Å². The molecule has 0 atom stereocenters. The summed E-state index contributed by atoms with van der Waals surface area (Å²) in [6.07, 6.45) is 1.65. The number of hydrogen-bond donors (Lipinski definition) is 0. The second-order valence-electron chi connectivity index (χ2n) is 6.82. The van der Waals surface area contributed by atoms with Crippen molar-refractivity contribution in [1.29, 1.82) is 0 Å². The molecule has 0 aromatic heterocycles. The summed E-state index contributed by atoms with van der Waals surface area (Å²) in [5.74, 6) is 2.86. The van der Waals surface area contributed by atoms with Crippen molar-refractivity contribution in [3.8, 4) is 23.0 Å². The molecule has 4 rings (SSSR count). The Morgan fingerprint density at radius 1 is 0.500 bits per heavy atom. The first-order valence-electron chi connectivity index (χ1n) is 9.79. The number of carbonyl (C=O) groups is 2. The van der Waals surface area contributed by atoms with E-state index in [2.05, 4.69) is 0 Å². The van der Waals surface area contributed by atoms with E-state index >= 15 is 0 Å². The number of ether oxygens (including phenoxy) is 4. The Hall–Kier alpha value is -4.06. The van der Waals surface area contributed by atoms with E-state index in [9.17, 15) is 9.59 Å². The molecule has 4 aromatic carbocycles. The van der Waals surface area contributed by atoms with Gasteiger partial charge < -0.3 is 18.9 Å². The highest BCUT2D eigenvalue weighted by atomic mass is 16.5. The van der Waals surface area contributed by atoms with Gasteiger partial charge in [-0.3, -0.25) is 9.59 Å². The fraction of sp³-hybridized carbons (Fsp3) is 0.154. The van der Waals surface area contributed by atoms with Crippen LogP contribution in [-0.4, -0.2) is 41.0 Å². The lowest BCUT2D eigenvalue weighted by Crippen LogP contribution is -1.91. The van der Waals surface area contributed by atoms with Crippen LogP contribution in [0.15, 0.2) is 60.7 Å². The molecule has 0 saturated carbocycles. The van der Waals surface area contributed by atoms with Crippen LogP contribution in [-0.2, 0) is 0 Å². The highest BCUT2D eigenvalue weighted by molar-refractivity contribution is 5.96. The van der Waals surface area contributed by atoms with Crippen molar-refractivity contribution >= 4 is 34.1 Å². The summed E-state index contributed by atoms with van der Waals surface area (Å²) in [6, 6.07) is 18.3. The second kappa shape index (κ2) is 10.3. The van der Waals surface area contributed by atoms with Crippen LogP contribution < -0.4 is 18.9 Å². The summed E-state index contributed by atoms with van der Waals surface area (Å²) in [5.41, 5.74) is 1.28. The average Bonchev–Trinajstić information content (AvgIpc) is 2.86. The molecule has 0 bridgehead atoms. The third-order valence-electron chi connectivity index (χ3n) is 5.04. The Bertz CT molecular complexity index is 1260. The van der Waals surface area contributed by atoms with Crippen LogP contribution in [0.4, 0.5) is 0 Å². The molecule has 0 saturated heterocycles. The van der Waals surface area contributed by atoms with Crippen molar-refractivity contribution in [3.05, 3.63) is 71.8 Å². The molecule has 6 nitrogen and oxygen atoms in total. The van der Waals surface area contributed by atoms with Crippen molar-refractivity contribution in [3.63, 3.8) is 0 Å². The van der Waals surface area contributed by atoms with Gasteiger partial charge in [0.25, 0.3) is 0 Å². The van der Waals surface area contributed by atoms with Crippen molar-refractivity contribution in [2.24, 2.45) is 0 Å². The van der Waals surface area contributed by atoms with Crippen LogP contribution in [0, 0.1) is 0 Å². The first kappa shape index (κ1) is 22.6. The summed E-state index contributed by atoms with van der Waals surface area (Å²) in [5, 5.41) is 3.80. The predicted molar refractivity (Wildman–Crippen MR) is 125 cm³/mol. The maximum Gasteiger partial charge on any atom is 0.161 e. The molecular formula is C26H24O6. The third-order valence-corrected chi connectivity index (χ3v) is 5.04. The fourth-order valence-corrected chi connectivity index (χ4v) is 3.41. The molecule has 0 spiro atoms. The highest BCUT2D eigenvalue weighted by Gasteiger charge is 2.08. The van der Waals surface area contributed by atoms with Crippen molar-refractivity contribution in [1.82, 2.24) is 0 Å². The number of hydrogen-bond acceptors (Lipinski definition) is 6. The van der Waals surface area contributed by atoms with Crippen LogP contribution in [0.3, 0.4) is 0 Å². The normalized spacial score (nSPS) is 10.1. The van der Waals surface area contributed by atoms with Gasteiger partial charge in [0.2, 0.25) is 0 Å². The smallest absolute Gasteiger partial charge is 0.161 e. The zero-order valence-corrected chi connectivity index (χ0v) is 18.4. The van der Waals surface area contributed by atoms with Crippen molar-refractivity contribution in [2.75, 3.05) is 28.4 Å². The molecule has 0 amide bonds. The molecule has 0 aliphatic carbocycles. The Balaban J connectivity index is 0.000000181. The zero-order chi connectivity index (χ0) is 23.1. The minimum atomic E-state index is 0.624. The number of fused-ring (bicyclic) bond motifs is 2. The van der Waals surface area contributed by atoms with Gasteiger partial charge in [-0.05, 0) is 53.2 Å². The third kappa shape index (κ3) is 4.64. The quantitative estimate of drug-likeness (QED) is 0.383. The van der Waals surface area contributed by atoms with Crippen LogP contribution in [0.5, 0.6) is 23.0 Å². The average molecular weight is 432 g/mol. The van der Waals surface area contributed by atoms with E-state index in [-0.39, 0.29) is 0 Å². The maximum atomic E-state index is 10.7. The lowest BCUT2D eigenvalue weighted by atomic mass is 10.1. The first-order chi connectivity index (χ1) is 15.6. The summed E-state index contributed by atoms with van der Waals surface area (Å²) in [7, 11) is 6.42. The van der Waals surface area contributed by atoms with E-state index in [1.54, 1.807) is 46.6 Å². The molecule has 164 valence electrons. The van der Waals surface area contributed by atoms with E-state index in [4.69, 9.17) is 18.9 Å².